The molecule has 154 valence electrons. The fraction of sp³-hybridized carbons (Fsp3) is 0.143. The molecule has 0 atom stereocenters. The van der Waals surface area contributed by atoms with Gasteiger partial charge in [0.25, 0.3) is 0 Å². The summed E-state index contributed by atoms with van der Waals surface area (Å²) in [5, 5.41) is 0. The number of nitrogens with zero attached hydrogens (tertiary/aromatic N) is 2. The van der Waals surface area contributed by atoms with Crippen LogP contribution in [0.15, 0.2) is 103 Å². The molecule has 3 heteroatoms. The van der Waals surface area contributed by atoms with Crippen molar-refractivity contribution in [1.29, 1.82) is 0 Å². The number of anilines is 4. The van der Waals surface area contributed by atoms with Crippen molar-refractivity contribution in [2.75, 3.05) is 31.0 Å². The van der Waals surface area contributed by atoms with Crippen LogP contribution in [0.2, 0.25) is 0 Å². The van der Waals surface area contributed by atoms with Crippen LogP contribution in [0.25, 0.3) is 0 Å². The topological polar surface area (TPSA) is 15.7 Å². The monoisotopic (exact) mass is 406 g/mol. The third-order valence-electron chi connectivity index (χ3n) is 6.16. The standard InChI is InChI=1S/C28H26N2O/c1-29(2)22-19-17-21(18-20-22)28(31-3)24-13-7-9-15-26(24)30(23-11-5-4-6-12-23)27-16-10-8-14-25(27)28/h4-20H,1-3H3. The van der Waals surface area contributed by atoms with Crippen LogP contribution in [0, 0.1) is 0 Å². The first-order chi connectivity index (χ1) is 15.2. The Bertz CT molecular complexity index is 1150. The molecule has 3 nitrogen and oxygen atoms in total. The number of fused-ring (bicyclic) bond motifs is 2. The summed E-state index contributed by atoms with van der Waals surface area (Å²) < 4.78 is 6.46. The molecule has 0 saturated carbocycles. The summed E-state index contributed by atoms with van der Waals surface area (Å²) in [5.41, 5.74) is 7.26. The third-order valence-corrected chi connectivity index (χ3v) is 6.16. The Morgan fingerprint density at radius 2 is 1.16 bits per heavy atom. The highest BCUT2D eigenvalue weighted by atomic mass is 16.5. The van der Waals surface area contributed by atoms with Gasteiger partial charge in [0.05, 0.1) is 11.4 Å². The summed E-state index contributed by atoms with van der Waals surface area (Å²) in [6, 6.07) is 36.3. The molecule has 4 aromatic carbocycles. The van der Waals surface area contributed by atoms with E-state index in [9.17, 15) is 0 Å². The summed E-state index contributed by atoms with van der Waals surface area (Å²) in [7, 11) is 5.93. The number of hydrogen-bond donors (Lipinski definition) is 0. The van der Waals surface area contributed by atoms with E-state index in [1.165, 1.54) is 5.69 Å². The van der Waals surface area contributed by atoms with E-state index in [2.05, 4.69) is 127 Å². The summed E-state index contributed by atoms with van der Waals surface area (Å²) in [4.78, 5) is 4.44. The SMILES string of the molecule is COC1(c2ccc(N(C)C)cc2)c2ccccc2N(c2ccccc2)c2ccccc21. The molecule has 5 rings (SSSR count). The Hall–Kier alpha value is -3.56. The molecule has 0 aliphatic carbocycles. The van der Waals surface area contributed by atoms with Gasteiger partial charge in [-0.05, 0) is 42.0 Å². The first kappa shape index (κ1) is 19.4. The fourth-order valence-corrected chi connectivity index (χ4v) is 4.71. The molecule has 0 saturated heterocycles. The van der Waals surface area contributed by atoms with Crippen LogP contribution in [0.5, 0.6) is 0 Å². The van der Waals surface area contributed by atoms with Crippen molar-refractivity contribution in [2.45, 2.75) is 5.60 Å². The van der Waals surface area contributed by atoms with Crippen LogP contribution < -0.4 is 9.80 Å². The van der Waals surface area contributed by atoms with E-state index in [1.54, 1.807) is 0 Å². The van der Waals surface area contributed by atoms with Crippen molar-refractivity contribution >= 4 is 22.7 Å². The first-order valence-electron chi connectivity index (χ1n) is 10.5. The zero-order valence-corrected chi connectivity index (χ0v) is 18.1. The Morgan fingerprint density at radius 1 is 0.645 bits per heavy atom. The molecule has 0 N–H and O–H groups in total. The van der Waals surface area contributed by atoms with Gasteiger partial charge < -0.3 is 14.5 Å². The summed E-state index contributed by atoms with van der Waals surface area (Å²) in [6.07, 6.45) is 0. The van der Waals surface area contributed by atoms with E-state index < -0.39 is 5.60 Å². The van der Waals surface area contributed by atoms with Crippen LogP contribution in [-0.4, -0.2) is 21.2 Å². The van der Waals surface area contributed by atoms with Gasteiger partial charge in [-0.2, -0.15) is 0 Å². The molecular weight excluding hydrogens is 380 g/mol. The van der Waals surface area contributed by atoms with Crippen molar-refractivity contribution in [1.82, 2.24) is 0 Å². The van der Waals surface area contributed by atoms with Gasteiger partial charge >= 0.3 is 0 Å². The molecular formula is C28H26N2O. The normalized spacial score (nSPS) is 14.0. The lowest BCUT2D eigenvalue weighted by Crippen LogP contribution is -2.38. The number of benzene rings is 4. The number of para-hydroxylation sites is 3. The molecule has 0 fully saturated rings. The van der Waals surface area contributed by atoms with Crippen LogP contribution >= 0.6 is 0 Å². The number of hydrogen-bond acceptors (Lipinski definition) is 3. The molecule has 0 spiro atoms. The highest BCUT2D eigenvalue weighted by Crippen LogP contribution is 2.54. The van der Waals surface area contributed by atoms with Gasteiger partial charge in [0, 0.05) is 43.7 Å². The van der Waals surface area contributed by atoms with Crippen molar-refractivity contribution in [3.05, 3.63) is 120 Å². The van der Waals surface area contributed by atoms with Crippen molar-refractivity contribution < 1.29 is 4.74 Å². The zero-order chi connectivity index (χ0) is 21.4. The average molecular weight is 407 g/mol. The predicted molar refractivity (Wildman–Crippen MR) is 129 cm³/mol. The largest absolute Gasteiger partial charge is 0.378 e. The van der Waals surface area contributed by atoms with E-state index in [0.717, 1.165) is 33.8 Å². The smallest absolute Gasteiger partial charge is 0.147 e. The van der Waals surface area contributed by atoms with Crippen LogP contribution in [0.3, 0.4) is 0 Å². The van der Waals surface area contributed by atoms with E-state index in [1.807, 2.05) is 7.11 Å². The minimum absolute atomic E-state index is 0.691. The van der Waals surface area contributed by atoms with Gasteiger partial charge in [0.15, 0.2) is 0 Å². The lowest BCUT2D eigenvalue weighted by atomic mass is 9.75. The third kappa shape index (κ3) is 2.93. The second-order valence-electron chi connectivity index (χ2n) is 8.03. The lowest BCUT2D eigenvalue weighted by Gasteiger charge is -2.45. The van der Waals surface area contributed by atoms with Crippen LogP contribution in [0.4, 0.5) is 22.7 Å². The average Bonchev–Trinajstić information content (AvgIpc) is 2.83. The second kappa shape index (κ2) is 7.60. The summed E-state index contributed by atoms with van der Waals surface area (Å²) >= 11 is 0. The Balaban J connectivity index is 1.81. The van der Waals surface area contributed by atoms with E-state index in [-0.39, 0.29) is 0 Å². The van der Waals surface area contributed by atoms with Crippen molar-refractivity contribution in [3.8, 4) is 0 Å². The first-order valence-corrected chi connectivity index (χ1v) is 10.5. The lowest BCUT2D eigenvalue weighted by molar-refractivity contribution is 0.0582. The molecule has 0 amide bonds. The molecule has 0 unspecified atom stereocenters. The van der Waals surface area contributed by atoms with Gasteiger partial charge in [-0.25, -0.2) is 0 Å². The van der Waals surface area contributed by atoms with Crippen molar-refractivity contribution in [2.24, 2.45) is 0 Å². The molecule has 0 radical (unpaired) electrons. The van der Waals surface area contributed by atoms with Gasteiger partial charge in [0.1, 0.15) is 5.60 Å². The maximum absolute atomic E-state index is 6.46. The van der Waals surface area contributed by atoms with Gasteiger partial charge in [0.2, 0.25) is 0 Å². The molecule has 1 aliphatic rings. The number of methoxy groups -OCH3 is 1. The Morgan fingerprint density at radius 3 is 1.68 bits per heavy atom. The van der Waals surface area contributed by atoms with E-state index >= 15 is 0 Å². The molecule has 0 aromatic heterocycles. The van der Waals surface area contributed by atoms with Gasteiger partial charge in [-0.15, -0.1) is 0 Å². The maximum Gasteiger partial charge on any atom is 0.147 e. The highest BCUT2D eigenvalue weighted by Gasteiger charge is 2.45. The number of ether oxygens (including phenoxy) is 1. The van der Waals surface area contributed by atoms with E-state index in [0.29, 0.717) is 0 Å². The fourth-order valence-electron chi connectivity index (χ4n) is 4.71. The predicted octanol–water partition coefficient (Wildman–Crippen LogP) is 6.47. The quantitative estimate of drug-likeness (QED) is 0.386. The van der Waals surface area contributed by atoms with Crippen LogP contribution in [-0.2, 0) is 10.3 Å². The second-order valence-corrected chi connectivity index (χ2v) is 8.03. The molecule has 1 heterocycles. The Kier molecular flexibility index (Phi) is 4.76. The zero-order valence-electron chi connectivity index (χ0n) is 18.1. The molecule has 4 aromatic rings. The minimum atomic E-state index is -0.691. The maximum atomic E-state index is 6.46. The van der Waals surface area contributed by atoms with Gasteiger partial charge in [-0.1, -0.05) is 66.7 Å². The molecule has 31 heavy (non-hydrogen) atoms. The summed E-state index contributed by atoms with van der Waals surface area (Å²) in [5.74, 6) is 0. The van der Waals surface area contributed by atoms with E-state index in [4.69, 9.17) is 4.74 Å². The minimum Gasteiger partial charge on any atom is -0.378 e. The van der Waals surface area contributed by atoms with Crippen LogP contribution in [0.1, 0.15) is 16.7 Å². The van der Waals surface area contributed by atoms with Crippen molar-refractivity contribution in [3.63, 3.8) is 0 Å². The highest BCUT2D eigenvalue weighted by molar-refractivity contribution is 5.86. The summed E-state index contributed by atoms with van der Waals surface area (Å²) in [6.45, 7) is 0. The molecule has 1 aliphatic heterocycles. The Labute approximate surface area is 184 Å². The number of rotatable bonds is 4. The molecule has 0 bridgehead atoms. The van der Waals surface area contributed by atoms with Gasteiger partial charge in [-0.3, -0.25) is 0 Å².